The van der Waals surface area contributed by atoms with Gasteiger partial charge in [-0.3, -0.25) is 4.90 Å². The summed E-state index contributed by atoms with van der Waals surface area (Å²) in [5, 5.41) is 0.941. The Morgan fingerprint density at radius 1 is 1.14 bits per heavy atom. The van der Waals surface area contributed by atoms with Crippen LogP contribution < -0.4 is 0 Å². The van der Waals surface area contributed by atoms with Gasteiger partial charge in [0.1, 0.15) is 11.6 Å². The van der Waals surface area contributed by atoms with Gasteiger partial charge in [-0.2, -0.15) is 13.2 Å². The average molecular weight is 517 g/mol. The summed E-state index contributed by atoms with van der Waals surface area (Å²) in [6, 6.07) is 8.69. The number of H-pyrrole nitrogens is 1. The third kappa shape index (κ3) is 3.39. The van der Waals surface area contributed by atoms with Crippen molar-refractivity contribution in [2.45, 2.75) is 56.4 Å². The van der Waals surface area contributed by atoms with E-state index in [4.69, 9.17) is 0 Å². The highest BCUT2D eigenvalue weighted by molar-refractivity contribution is 5.87. The van der Waals surface area contributed by atoms with Crippen molar-refractivity contribution < 1.29 is 31.5 Å². The number of fused-ring (bicyclic) bond motifs is 3. The number of halogens is 5. The van der Waals surface area contributed by atoms with E-state index in [0.29, 0.717) is 12.1 Å². The Hall–Kier alpha value is -3.20. The molecule has 4 nitrogen and oxygen atoms in total. The van der Waals surface area contributed by atoms with Crippen molar-refractivity contribution in [2.24, 2.45) is 5.41 Å². The van der Waals surface area contributed by atoms with Crippen LogP contribution in [-0.2, 0) is 16.0 Å². The van der Waals surface area contributed by atoms with Crippen molar-refractivity contribution >= 4 is 22.9 Å². The van der Waals surface area contributed by atoms with Gasteiger partial charge in [-0.05, 0) is 68.0 Å². The zero-order valence-electron chi connectivity index (χ0n) is 20.3. The molecule has 0 radical (unpaired) electrons. The maximum atomic E-state index is 15.7. The third-order valence-corrected chi connectivity index (χ3v) is 8.51. The Morgan fingerprint density at radius 3 is 2.41 bits per heavy atom. The zero-order chi connectivity index (χ0) is 26.3. The molecule has 9 heteroatoms. The van der Waals surface area contributed by atoms with Crippen LogP contribution in [0, 0.1) is 17.0 Å². The van der Waals surface area contributed by atoms with Gasteiger partial charge in [-0.15, -0.1) is 0 Å². The molecule has 1 aromatic heterocycles. The molecule has 2 heterocycles. The first-order valence-corrected chi connectivity index (χ1v) is 12.2. The number of hydrogen-bond donors (Lipinski definition) is 1. The van der Waals surface area contributed by atoms with Gasteiger partial charge in [-0.1, -0.05) is 18.2 Å². The number of carbonyl (C=O) groups excluding carboxylic acids is 1. The summed E-state index contributed by atoms with van der Waals surface area (Å²) in [5.41, 5.74) is -0.183. The standard InChI is InChI=1S/C28H25F5N2O2/c1-15-9-18-17-5-3-4-6-21(17)34-24(18)25(35(15)27-12-26(13-27,14-27)28(31,32)33)23-19(29)10-16(11-20(23)30)7-8-22(36)37-2/h3-8,10-11,15,25,34H,9,12-14H2,1-2H3/b8-7+/t15-,25-,26?,27?/m1/s1. The number of nitrogens with zero attached hydrogens (tertiary/aromatic N) is 1. The topological polar surface area (TPSA) is 45.3 Å². The number of benzene rings is 2. The Kier molecular flexibility index (Phi) is 5.16. The van der Waals surface area contributed by atoms with Crippen molar-refractivity contribution in [3.63, 3.8) is 0 Å². The molecule has 37 heavy (non-hydrogen) atoms. The van der Waals surface area contributed by atoms with Crippen molar-refractivity contribution in [2.75, 3.05) is 7.11 Å². The van der Waals surface area contributed by atoms with Crippen LogP contribution in [0.1, 0.15) is 54.6 Å². The number of aromatic amines is 1. The van der Waals surface area contributed by atoms with Gasteiger partial charge in [0.2, 0.25) is 0 Å². The first kappa shape index (κ1) is 24.2. The van der Waals surface area contributed by atoms with Gasteiger partial charge in [0.15, 0.2) is 0 Å². The fraction of sp³-hybridized carbons (Fsp3) is 0.393. The molecule has 0 unspecified atom stereocenters. The number of nitrogens with one attached hydrogen (secondary N) is 1. The summed E-state index contributed by atoms with van der Waals surface area (Å²) < 4.78 is 77.1. The Balaban J connectivity index is 1.48. The van der Waals surface area contributed by atoms with E-state index in [1.807, 2.05) is 36.1 Å². The van der Waals surface area contributed by atoms with Crippen LogP contribution in [0.4, 0.5) is 22.0 Å². The van der Waals surface area contributed by atoms with Crippen LogP contribution in [-0.4, -0.2) is 40.7 Å². The minimum absolute atomic E-state index is 0.0664. The van der Waals surface area contributed by atoms with Crippen LogP contribution in [0.5, 0.6) is 0 Å². The van der Waals surface area contributed by atoms with Crippen molar-refractivity contribution in [1.82, 2.24) is 9.88 Å². The first-order chi connectivity index (χ1) is 17.5. The van der Waals surface area contributed by atoms with Gasteiger partial charge in [0.05, 0.1) is 18.6 Å². The molecule has 0 saturated heterocycles. The molecule has 3 saturated carbocycles. The fourth-order valence-electron chi connectivity index (χ4n) is 6.99. The SMILES string of the molecule is COC(=O)/C=C/c1cc(F)c([C@@H]2c3[nH]c4ccccc4c3C[C@@H](C)N2C23CC(C(F)(F)F)(C2)C3)c(F)c1. The van der Waals surface area contributed by atoms with E-state index in [2.05, 4.69) is 9.72 Å². The quantitative estimate of drug-likeness (QED) is 0.246. The normalized spacial score (nSPS) is 29.2. The van der Waals surface area contributed by atoms with E-state index < -0.39 is 40.8 Å². The van der Waals surface area contributed by atoms with Gasteiger partial charge in [0, 0.05) is 39.8 Å². The molecule has 4 aliphatic rings. The van der Waals surface area contributed by atoms with E-state index in [9.17, 15) is 18.0 Å². The van der Waals surface area contributed by atoms with Gasteiger partial charge in [-0.25, -0.2) is 13.6 Å². The fourth-order valence-corrected chi connectivity index (χ4v) is 6.99. The number of carbonyl (C=O) groups is 1. The second kappa shape index (κ2) is 7.90. The number of aromatic nitrogens is 1. The average Bonchev–Trinajstić information content (AvgIpc) is 3.14. The molecule has 0 amide bonds. The van der Waals surface area contributed by atoms with Crippen LogP contribution in [0.2, 0.25) is 0 Å². The smallest absolute Gasteiger partial charge is 0.394 e. The highest BCUT2D eigenvalue weighted by Crippen LogP contribution is 2.77. The lowest BCUT2D eigenvalue weighted by molar-refractivity contribution is -0.369. The Morgan fingerprint density at radius 2 is 1.78 bits per heavy atom. The van der Waals surface area contributed by atoms with Crippen molar-refractivity contribution in [1.29, 1.82) is 0 Å². The maximum Gasteiger partial charge on any atom is 0.394 e. The second-order valence-corrected chi connectivity index (χ2v) is 10.7. The molecule has 3 aromatic rings. The maximum absolute atomic E-state index is 15.7. The molecular weight excluding hydrogens is 491 g/mol. The molecular formula is C28H25F5N2O2. The zero-order valence-corrected chi connectivity index (χ0v) is 20.3. The van der Waals surface area contributed by atoms with Gasteiger partial charge in [0.25, 0.3) is 0 Å². The summed E-state index contributed by atoms with van der Waals surface area (Å²) in [5.74, 6) is -2.31. The number of hydrogen-bond acceptors (Lipinski definition) is 3. The molecule has 2 bridgehead atoms. The largest absolute Gasteiger partial charge is 0.466 e. The van der Waals surface area contributed by atoms with E-state index >= 15 is 8.78 Å². The second-order valence-electron chi connectivity index (χ2n) is 10.7. The van der Waals surface area contributed by atoms with E-state index in [-0.39, 0.29) is 36.4 Å². The molecule has 0 spiro atoms. The van der Waals surface area contributed by atoms with E-state index in [1.54, 1.807) is 0 Å². The summed E-state index contributed by atoms with van der Waals surface area (Å²) >= 11 is 0. The van der Waals surface area contributed by atoms with E-state index in [1.165, 1.54) is 13.2 Å². The van der Waals surface area contributed by atoms with Crippen LogP contribution in [0.25, 0.3) is 17.0 Å². The van der Waals surface area contributed by atoms with Crippen molar-refractivity contribution in [3.8, 4) is 0 Å². The Bertz CT molecular complexity index is 1410. The van der Waals surface area contributed by atoms with Crippen molar-refractivity contribution in [3.05, 3.63) is 76.5 Å². The molecule has 1 aliphatic heterocycles. The van der Waals surface area contributed by atoms with Crippen LogP contribution >= 0.6 is 0 Å². The number of para-hydroxylation sites is 1. The first-order valence-electron chi connectivity index (χ1n) is 12.2. The molecule has 3 aliphatic carbocycles. The number of rotatable bonds is 4. The highest BCUT2D eigenvalue weighted by atomic mass is 19.4. The summed E-state index contributed by atoms with van der Waals surface area (Å²) in [6.45, 7) is 1.92. The minimum atomic E-state index is -4.29. The van der Waals surface area contributed by atoms with Gasteiger partial charge < -0.3 is 9.72 Å². The Labute approximate surface area is 210 Å². The monoisotopic (exact) mass is 516 g/mol. The lowest BCUT2D eigenvalue weighted by atomic mass is 9.38. The molecule has 1 N–H and O–H groups in total. The lowest BCUT2D eigenvalue weighted by Crippen LogP contribution is -2.80. The molecule has 7 rings (SSSR count). The molecule has 2 aromatic carbocycles. The minimum Gasteiger partial charge on any atom is -0.466 e. The number of alkyl halides is 3. The predicted molar refractivity (Wildman–Crippen MR) is 128 cm³/mol. The lowest BCUT2D eigenvalue weighted by Gasteiger charge is -2.75. The van der Waals surface area contributed by atoms with Crippen LogP contribution in [0.15, 0.2) is 42.5 Å². The third-order valence-electron chi connectivity index (χ3n) is 8.51. The number of esters is 1. The summed E-state index contributed by atoms with van der Waals surface area (Å²) in [6.07, 6.45) is -1.61. The summed E-state index contributed by atoms with van der Waals surface area (Å²) in [4.78, 5) is 16.7. The predicted octanol–water partition coefficient (Wildman–Crippen LogP) is 6.45. The molecule has 3 fully saturated rings. The highest BCUT2D eigenvalue weighted by Gasteiger charge is 2.81. The summed E-state index contributed by atoms with van der Waals surface area (Å²) in [7, 11) is 1.20. The van der Waals surface area contributed by atoms with E-state index in [0.717, 1.165) is 34.7 Å². The van der Waals surface area contributed by atoms with Gasteiger partial charge >= 0.3 is 12.1 Å². The molecule has 194 valence electrons. The van der Waals surface area contributed by atoms with Crippen LogP contribution in [0.3, 0.4) is 0 Å². The number of methoxy groups -OCH3 is 1. The molecule has 2 atom stereocenters. The number of ether oxygens (including phenoxy) is 1.